The summed E-state index contributed by atoms with van der Waals surface area (Å²) in [5.74, 6) is -2.60. The Bertz CT molecular complexity index is 1080. The fraction of sp³-hybridized carbons (Fsp3) is 0.111. The minimum Gasteiger partial charge on any atom is -0.465 e. The van der Waals surface area contributed by atoms with Gasteiger partial charge < -0.3 is 10.1 Å². The second-order valence-electron chi connectivity index (χ2n) is 5.70. The highest BCUT2D eigenvalue weighted by molar-refractivity contribution is 6.03. The van der Waals surface area contributed by atoms with Crippen LogP contribution in [-0.2, 0) is 10.9 Å². The van der Waals surface area contributed by atoms with Gasteiger partial charge in [0.2, 0.25) is 0 Å². The fourth-order valence-electron chi connectivity index (χ4n) is 2.46. The number of hydrogen-bond acceptors (Lipinski definition) is 5. The van der Waals surface area contributed by atoms with Crippen LogP contribution in [0.1, 0.15) is 26.4 Å². The molecule has 1 N–H and O–H groups in total. The number of ether oxygens (including phenoxy) is 1. The third-order valence-corrected chi connectivity index (χ3v) is 3.81. The number of nitrogens with zero attached hydrogens (tertiary/aromatic N) is 3. The molecule has 0 radical (unpaired) electrons. The Morgan fingerprint density at radius 1 is 1.14 bits per heavy atom. The molecule has 1 aromatic heterocycles. The normalized spacial score (nSPS) is 11.2. The van der Waals surface area contributed by atoms with Crippen molar-refractivity contribution < 1.29 is 31.9 Å². The molecule has 0 saturated carbocycles. The number of anilines is 1. The van der Waals surface area contributed by atoms with E-state index < -0.39 is 35.0 Å². The Hall–Kier alpha value is -3.76. The van der Waals surface area contributed by atoms with Gasteiger partial charge in [0, 0.05) is 5.69 Å². The van der Waals surface area contributed by atoms with Crippen molar-refractivity contribution in [3.63, 3.8) is 0 Å². The van der Waals surface area contributed by atoms with E-state index in [9.17, 15) is 27.2 Å². The maximum Gasteiger partial charge on any atom is 0.418 e. The lowest BCUT2D eigenvalue weighted by Crippen LogP contribution is -2.14. The van der Waals surface area contributed by atoms with E-state index in [0.29, 0.717) is 0 Å². The van der Waals surface area contributed by atoms with Gasteiger partial charge in [0.1, 0.15) is 5.82 Å². The summed E-state index contributed by atoms with van der Waals surface area (Å²) in [6.45, 7) is 0. The number of rotatable bonds is 4. The highest BCUT2D eigenvalue weighted by Gasteiger charge is 2.34. The molecule has 0 unspecified atom stereocenters. The zero-order chi connectivity index (χ0) is 21.2. The van der Waals surface area contributed by atoms with Gasteiger partial charge in [-0.15, -0.1) is 5.10 Å². The number of nitrogens with one attached hydrogen (secondary N) is 1. The molecule has 0 fully saturated rings. The summed E-state index contributed by atoms with van der Waals surface area (Å²) >= 11 is 0. The van der Waals surface area contributed by atoms with Crippen LogP contribution in [0.25, 0.3) is 5.69 Å². The van der Waals surface area contributed by atoms with Crippen LogP contribution in [0.4, 0.5) is 23.2 Å². The summed E-state index contributed by atoms with van der Waals surface area (Å²) in [6, 6.07) is 7.89. The van der Waals surface area contributed by atoms with Crippen LogP contribution >= 0.6 is 0 Å². The number of amides is 1. The zero-order valence-corrected chi connectivity index (χ0v) is 14.7. The number of alkyl halides is 3. The highest BCUT2D eigenvalue weighted by Crippen LogP contribution is 2.33. The van der Waals surface area contributed by atoms with Crippen molar-refractivity contribution in [1.29, 1.82) is 0 Å². The minimum absolute atomic E-state index is 0.0574. The Labute approximate surface area is 160 Å². The first-order valence-corrected chi connectivity index (χ1v) is 7.99. The van der Waals surface area contributed by atoms with Crippen LogP contribution < -0.4 is 5.32 Å². The molecule has 0 aliphatic carbocycles. The van der Waals surface area contributed by atoms with Gasteiger partial charge in [0.05, 0.1) is 30.1 Å². The van der Waals surface area contributed by atoms with Crippen LogP contribution in [-0.4, -0.2) is 34.0 Å². The fourth-order valence-corrected chi connectivity index (χ4v) is 2.46. The quantitative estimate of drug-likeness (QED) is 0.528. The second kappa shape index (κ2) is 7.70. The molecule has 0 atom stereocenters. The molecule has 11 heteroatoms. The summed E-state index contributed by atoms with van der Waals surface area (Å²) in [6.07, 6.45) is -3.60. The van der Waals surface area contributed by atoms with E-state index in [4.69, 9.17) is 0 Å². The van der Waals surface area contributed by atoms with Gasteiger partial charge >= 0.3 is 12.1 Å². The Morgan fingerprint density at radius 3 is 2.55 bits per heavy atom. The van der Waals surface area contributed by atoms with Crippen LogP contribution in [0.5, 0.6) is 0 Å². The Kier molecular flexibility index (Phi) is 5.31. The molecule has 2 aromatic carbocycles. The number of methoxy groups -OCH3 is 1. The lowest BCUT2D eigenvalue weighted by molar-refractivity contribution is -0.137. The first-order valence-electron chi connectivity index (χ1n) is 7.99. The summed E-state index contributed by atoms with van der Waals surface area (Å²) in [4.78, 5) is 23.8. The van der Waals surface area contributed by atoms with Crippen LogP contribution in [0.2, 0.25) is 0 Å². The third kappa shape index (κ3) is 4.23. The molecule has 0 spiro atoms. The predicted octanol–water partition coefficient (Wildman–Crippen LogP) is 3.46. The van der Waals surface area contributed by atoms with Gasteiger partial charge in [-0.3, -0.25) is 4.79 Å². The predicted molar refractivity (Wildman–Crippen MR) is 92.1 cm³/mol. The standard InChI is InChI=1S/C18H12F4N4O3/c1-29-17(28)11-8-10(6-7-13(11)19)23-16(27)14-9-26(25-24-14)15-5-3-2-4-12(15)18(20,21)22/h2-9H,1H3,(H,23,27). The number of hydrogen-bond donors (Lipinski definition) is 1. The zero-order valence-electron chi connectivity index (χ0n) is 14.7. The van der Waals surface area contributed by atoms with Crippen molar-refractivity contribution in [2.24, 2.45) is 0 Å². The van der Waals surface area contributed by atoms with Crippen molar-refractivity contribution in [1.82, 2.24) is 15.0 Å². The average Bonchev–Trinajstić information content (AvgIpc) is 3.18. The van der Waals surface area contributed by atoms with E-state index in [-0.39, 0.29) is 17.1 Å². The average molecular weight is 408 g/mol. The summed E-state index contributed by atoms with van der Waals surface area (Å²) < 4.78 is 58.4. The van der Waals surface area contributed by atoms with Gasteiger partial charge in [-0.1, -0.05) is 17.3 Å². The number of carbonyl (C=O) groups is 2. The van der Waals surface area contributed by atoms with E-state index in [2.05, 4.69) is 20.4 Å². The maximum atomic E-state index is 13.7. The second-order valence-corrected chi connectivity index (χ2v) is 5.70. The van der Waals surface area contributed by atoms with Gasteiger partial charge in [-0.25, -0.2) is 13.9 Å². The first-order chi connectivity index (χ1) is 13.7. The monoisotopic (exact) mass is 408 g/mol. The molecule has 3 aromatic rings. The van der Waals surface area contributed by atoms with Crippen molar-refractivity contribution in [3.05, 3.63) is 71.3 Å². The number of carbonyl (C=O) groups excluding carboxylic acids is 2. The minimum atomic E-state index is -4.62. The van der Waals surface area contributed by atoms with Crippen molar-refractivity contribution in [2.75, 3.05) is 12.4 Å². The topological polar surface area (TPSA) is 86.1 Å². The largest absolute Gasteiger partial charge is 0.465 e. The molecule has 150 valence electrons. The van der Waals surface area contributed by atoms with Crippen molar-refractivity contribution >= 4 is 17.6 Å². The van der Waals surface area contributed by atoms with Crippen LogP contribution in [0, 0.1) is 5.82 Å². The molecular formula is C18H12F4N4O3. The van der Waals surface area contributed by atoms with Crippen molar-refractivity contribution in [2.45, 2.75) is 6.18 Å². The van der Waals surface area contributed by atoms with E-state index in [1.807, 2.05) is 0 Å². The molecule has 1 amide bonds. The lowest BCUT2D eigenvalue weighted by atomic mass is 10.1. The van der Waals surface area contributed by atoms with Gasteiger partial charge in [0.25, 0.3) is 5.91 Å². The Morgan fingerprint density at radius 2 is 1.86 bits per heavy atom. The molecule has 0 bridgehead atoms. The van der Waals surface area contributed by atoms with Crippen molar-refractivity contribution in [3.8, 4) is 5.69 Å². The number of aromatic nitrogens is 3. The van der Waals surface area contributed by atoms with E-state index in [0.717, 1.165) is 36.2 Å². The van der Waals surface area contributed by atoms with E-state index in [1.54, 1.807) is 0 Å². The maximum absolute atomic E-state index is 13.7. The molecule has 3 rings (SSSR count). The Balaban J connectivity index is 1.86. The van der Waals surface area contributed by atoms with Gasteiger partial charge in [-0.05, 0) is 30.3 Å². The smallest absolute Gasteiger partial charge is 0.418 e. The van der Waals surface area contributed by atoms with Gasteiger partial charge in [0.15, 0.2) is 5.69 Å². The SMILES string of the molecule is COC(=O)c1cc(NC(=O)c2cn(-c3ccccc3C(F)(F)F)nn2)ccc1F. The number of halogens is 4. The van der Waals surface area contributed by atoms with Crippen LogP contribution in [0.3, 0.4) is 0 Å². The molecular weight excluding hydrogens is 396 g/mol. The third-order valence-electron chi connectivity index (χ3n) is 3.81. The summed E-state index contributed by atoms with van der Waals surface area (Å²) in [5.41, 5.74) is -1.87. The molecule has 7 nitrogen and oxygen atoms in total. The first kappa shape index (κ1) is 20.0. The molecule has 0 aliphatic heterocycles. The number of para-hydroxylation sites is 1. The molecule has 0 saturated heterocycles. The summed E-state index contributed by atoms with van der Waals surface area (Å²) in [5, 5.41) is 9.50. The molecule has 29 heavy (non-hydrogen) atoms. The van der Waals surface area contributed by atoms with Crippen LogP contribution in [0.15, 0.2) is 48.7 Å². The molecule has 1 heterocycles. The highest BCUT2D eigenvalue weighted by atomic mass is 19.4. The lowest BCUT2D eigenvalue weighted by Gasteiger charge is -2.11. The van der Waals surface area contributed by atoms with E-state index >= 15 is 0 Å². The van der Waals surface area contributed by atoms with E-state index in [1.165, 1.54) is 24.3 Å². The molecule has 0 aliphatic rings. The van der Waals surface area contributed by atoms with Gasteiger partial charge in [-0.2, -0.15) is 13.2 Å². The summed E-state index contributed by atoms with van der Waals surface area (Å²) in [7, 11) is 1.07. The number of esters is 1. The number of benzene rings is 2.